The van der Waals surface area contributed by atoms with E-state index in [2.05, 4.69) is 10.3 Å². The summed E-state index contributed by atoms with van der Waals surface area (Å²) in [5.74, 6) is 0.790. The van der Waals surface area contributed by atoms with Gasteiger partial charge in [-0.05, 0) is 23.8 Å². The minimum Gasteiger partial charge on any atom is -0.463 e. The number of nitrogens with one attached hydrogen (secondary N) is 1. The lowest BCUT2D eigenvalue weighted by Gasteiger charge is -2.07. The van der Waals surface area contributed by atoms with Crippen LogP contribution in [0.5, 0.6) is 0 Å². The highest BCUT2D eigenvalue weighted by molar-refractivity contribution is 5.77. The maximum absolute atomic E-state index is 11.4. The smallest absolute Gasteiger partial charge is 0.222 e. The van der Waals surface area contributed by atoms with Crippen molar-refractivity contribution in [3.63, 3.8) is 0 Å². The van der Waals surface area contributed by atoms with Crippen molar-refractivity contribution in [2.45, 2.75) is 20.4 Å². The molecule has 0 saturated heterocycles. The molecule has 2 heterocycles. The maximum atomic E-state index is 11.4. The van der Waals surface area contributed by atoms with Crippen molar-refractivity contribution in [3.05, 3.63) is 42.3 Å². The molecule has 0 radical (unpaired) electrons. The van der Waals surface area contributed by atoms with Gasteiger partial charge in [0.15, 0.2) is 5.76 Å². The van der Waals surface area contributed by atoms with E-state index in [4.69, 9.17) is 4.42 Å². The van der Waals surface area contributed by atoms with Gasteiger partial charge in [-0.25, -0.2) is 0 Å². The fourth-order valence-corrected chi connectivity index (χ4v) is 1.49. The van der Waals surface area contributed by atoms with Gasteiger partial charge in [-0.2, -0.15) is 0 Å². The van der Waals surface area contributed by atoms with Gasteiger partial charge in [-0.15, -0.1) is 0 Å². The lowest BCUT2D eigenvalue weighted by Crippen LogP contribution is -2.27. The number of carbonyl (C=O) groups excluding carboxylic acids is 1. The zero-order valence-electron chi connectivity index (χ0n) is 10.5. The normalized spacial score (nSPS) is 10.6. The van der Waals surface area contributed by atoms with Gasteiger partial charge in [0, 0.05) is 18.7 Å². The molecule has 1 amide bonds. The van der Waals surface area contributed by atoms with Gasteiger partial charge in [0.05, 0.1) is 6.26 Å². The summed E-state index contributed by atoms with van der Waals surface area (Å²) in [7, 11) is 0. The van der Waals surface area contributed by atoms with Gasteiger partial charge in [0.1, 0.15) is 5.69 Å². The Kier molecular flexibility index (Phi) is 3.77. The maximum Gasteiger partial charge on any atom is 0.222 e. The molecule has 0 aliphatic carbocycles. The number of aromatic nitrogens is 1. The van der Waals surface area contributed by atoms with Crippen LogP contribution in [0.2, 0.25) is 0 Å². The number of nitrogens with zero attached hydrogens (tertiary/aromatic N) is 1. The first kappa shape index (κ1) is 12.4. The summed E-state index contributed by atoms with van der Waals surface area (Å²) < 4.78 is 5.26. The van der Waals surface area contributed by atoms with Gasteiger partial charge < -0.3 is 9.73 Å². The van der Waals surface area contributed by atoms with Gasteiger partial charge in [0.2, 0.25) is 5.91 Å². The number of hydrogen-bond donors (Lipinski definition) is 1. The molecule has 0 aliphatic heterocycles. The third kappa shape index (κ3) is 2.97. The molecule has 0 aliphatic rings. The summed E-state index contributed by atoms with van der Waals surface area (Å²) in [5, 5.41) is 2.85. The summed E-state index contributed by atoms with van der Waals surface area (Å²) in [4.78, 5) is 15.7. The van der Waals surface area contributed by atoms with E-state index in [1.54, 1.807) is 12.5 Å². The third-order valence-corrected chi connectivity index (χ3v) is 2.59. The van der Waals surface area contributed by atoms with E-state index in [0.29, 0.717) is 6.54 Å². The van der Waals surface area contributed by atoms with Crippen LogP contribution in [0, 0.1) is 5.92 Å². The summed E-state index contributed by atoms with van der Waals surface area (Å²) >= 11 is 0. The van der Waals surface area contributed by atoms with E-state index >= 15 is 0 Å². The number of amides is 1. The molecular formula is C14H16N2O2. The second-order valence-electron chi connectivity index (χ2n) is 4.40. The van der Waals surface area contributed by atoms with Crippen LogP contribution in [0.3, 0.4) is 0 Å². The molecular weight excluding hydrogens is 228 g/mol. The highest BCUT2D eigenvalue weighted by atomic mass is 16.3. The molecule has 2 aromatic heterocycles. The Bertz CT molecular complexity index is 501. The van der Waals surface area contributed by atoms with Crippen LogP contribution >= 0.6 is 0 Å². The molecule has 0 bridgehead atoms. The van der Waals surface area contributed by atoms with E-state index < -0.39 is 0 Å². The molecule has 2 aromatic rings. The molecule has 0 atom stereocenters. The fraction of sp³-hybridized carbons (Fsp3) is 0.286. The second-order valence-corrected chi connectivity index (χ2v) is 4.40. The zero-order chi connectivity index (χ0) is 13.0. The van der Waals surface area contributed by atoms with Crippen LogP contribution in [0.15, 0.2) is 41.1 Å². The largest absolute Gasteiger partial charge is 0.463 e. The Morgan fingerprint density at radius 1 is 1.39 bits per heavy atom. The van der Waals surface area contributed by atoms with Crippen molar-refractivity contribution in [1.82, 2.24) is 10.3 Å². The molecule has 0 saturated carbocycles. The second kappa shape index (κ2) is 5.49. The first-order chi connectivity index (χ1) is 8.66. The Balaban J connectivity index is 1.98. The summed E-state index contributed by atoms with van der Waals surface area (Å²) in [6.45, 7) is 4.24. The topological polar surface area (TPSA) is 55.1 Å². The monoisotopic (exact) mass is 244 g/mol. The molecule has 4 nitrogen and oxygen atoms in total. The molecule has 2 rings (SSSR count). The number of furan rings is 1. The van der Waals surface area contributed by atoms with Crippen LogP contribution in [-0.2, 0) is 11.3 Å². The van der Waals surface area contributed by atoms with Crippen molar-refractivity contribution in [2.24, 2.45) is 5.92 Å². The molecule has 94 valence electrons. The van der Waals surface area contributed by atoms with Gasteiger partial charge in [-0.3, -0.25) is 9.78 Å². The summed E-state index contributed by atoms with van der Waals surface area (Å²) in [5.41, 5.74) is 1.76. The van der Waals surface area contributed by atoms with Crippen molar-refractivity contribution >= 4 is 5.91 Å². The number of carbonyl (C=O) groups is 1. The zero-order valence-corrected chi connectivity index (χ0v) is 10.5. The van der Waals surface area contributed by atoms with E-state index in [-0.39, 0.29) is 11.8 Å². The average molecular weight is 244 g/mol. The van der Waals surface area contributed by atoms with Crippen LogP contribution in [0.1, 0.15) is 19.4 Å². The minimum atomic E-state index is 0.000325. The minimum absolute atomic E-state index is 0.000325. The van der Waals surface area contributed by atoms with Crippen molar-refractivity contribution in [1.29, 1.82) is 0 Å². The van der Waals surface area contributed by atoms with Gasteiger partial charge >= 0.3 is 0 Å². The Morgan fingerprint density at radius 2 is 2.22 bits per heavy atom. The van der Waals surface area contributed by atoms with Gasteiger partial charge in [0.25, 0.3) is 0 Å². The summed E-state index contributed by atoms with van der Waals surface area (Å²) in [6.07, 6.45) is 3.37. The van der Waals surface area contributed by atoms with E-state index in [1.807, 2.05) is 38.1 Å². The first-order valence-corrected chi connectivity index (χ1v) is 5.93. The Hall–Kier alpha value is -2.10. The highest BCUT2D eigenvalue weighted by Crippen LogP contribution is 2.16. The molecule has 0 aromatic carbocycles. The van der Waals surface area contributed by atoms with Gasteiger partial charge in [-0.1, -0.05) is 19.9 Å². The fourth-order valence-electron chi connectivity index (χ4n) is 1.49. The first-order valence-electron chi connectivity index (χ1n) is 5.93. The van der Waals surface area contributed by atoms with Crippen molar-refractivity contribution < 1.29 is 9.21 Å². The molecule has 18 heavy (non-hydrogen) atoms. The Labute approximate surface area is 106 Å². The van der Waals surface area contributed by atoms with Crippen LogP contribution < -0.4 is 5.32 Å². The molecule has 0 unspecified atom stereocenters. The SMILES string of the molecule is CC(C)C(=O)NCc1ccc(-c2ccco2)nc1. The average Bonchev–Trinajstić information content (AvgIpc) is 2.90. The third-order valence-electron chi connectivity index (χ3n) is 2.59. The van der Waals surface area contributed by atoms with E-state index in [1.165, 1.54) is 0 Å². The van der Waals surface area contributed by atoms with E-state index in [9.17, 15) is 4.79 Å². The quantitative estimate of drug-likeness (QED) is 0.899. The van der Waals surface area contributed by atoms with Crippen molar-refractivity contribution in [3.8, 4) is 11.5 Å². The Morgan fingerprint density at radius 3 is 2.78 bits per heavy atom. The molecule has 1 N–H and O–H groups in total. The summed E-state index contributed by atoms with van der Waals surface area (Å²) in [6, 6.07) is 7.51. The van der Waals surface area contributed by atoms with Crippen LogP contribution in [0.25, 0.3) is 11.5 Å². The van der Waals surface area contributed by atoms with Crippen molar-refractivity contribution in [2.75, 3.05) is 0 Å². The lowest BCUT2D eigenvalue weighted by molar-refractivity contribution is -0.124. The highest BCUT2D eigenvalue weighted by Gasteiger charge is 2.06. The standard InChI is InChI=1S/C14H16N2O2/c1-10(2)14(17)16-9-11-5-6-12(15-8-11)13-4-3-7-18-13/h3-8,10H,9H2,1-2H3,(H,16,17). The van der Waals surface area contributed by atoms with Crippen LogP contribution in [0.4, 0.5) is 0 Å². The molecule has 0 spiro atoms. The predicted octanol–water partition coefficient (Wildman–Crippen LogP) is 2.61. The molecule has 0 fully saturated rings. The predicted molar refractivity (Wildman–Crippen MR) is 68.6 cm³/mol. The number of hydrogen-bond acceptors (Lipinski definition) is 3. The molecule has 4 heteroatoms. The number of rotatable bonds is 4. The van der Waals surface area contributed by atoms with E-state index in [0.717, 1.165) is 17.0 Å². The number of pyridine rings is 1. The van der Waals surface area contributed by atoms with Crippen LogP contribution in [-0.4, -0.2) is 10.9 Å². The lowest BCUT2D eigenvalue weighted by atomic mass is 10.2.